The van der Waals surface area contributed by atoms with E-state index in [9.17, 15) is 4.79 Å². The van der Waals surface area contributed by atoms with Crippen LogP contribution in [0.25, 0.3) is 0 Å². The molecule has 1 aliphatic heterocycles. The minimum atomic E-state index is -0.224. The monoisotopic (exact) mass is 292 g/mol. The number of hydrogen-bond acceptors (Lipinski definition) is 6. The van der Waals surface area contributed by atoms with Gasteiger partial charge in [-0.25, -0.2) is 0 Å². The summed E-state index contributed by atoms with van der Waals surface area (Å²) in [7, 11) is 2.15. The summed E-state index contributed by atoms with van der Waals surface area (Å²) in [5.74, 6) is 2.64. The van der Waals surface area contributed by atoms with Crippen molar-refractivity contribution in [3.8, 4) is 0 Å². The normalized spacial score (nSPS) is 17.4. The minimum Gasteiger partial charge on any atom is -0.384 e. The summed E-state index contributed by atoms with van der Waals surface area (Å²) in [6.45, 7) is 2.28. The lowest BCUT2D eigenvalue weighted by atomic mass is 9.94. The first-order chi connectivity index (χ1) is 10.2. The van der Waals surface area contributed by atoms with Gasteiger partial charge in [0.25, 0.3) is 5.56 Å². The molecule has 3 rings (SSSR count). The SMILES string of the molecule is CN1CCC(Cc2noc(CCc3cc(=O)[nH]o3)n2)CC1. The van der Waals surface area contributed by atoms with Crippen molar-refractivity contribution in [2.45, 2.75) is 32.1 Å². The van der Waals surface area contributed by atoms with Crippen molar-refractivity contribution in [1.82, 2.24) is 20.2 Å². The molecule has 1 saturated heterocycles. The van der Waals surface area contributed by atoms with Crippen LogP contribution < -0.4 is 5.56 Å². The van der Waals surface area contributed by atoms with Gasteiger partial charge in [0.2, 0.25) is 5.89 Å². The number of aromatic amines is 1. The highest BCUT2D eigenvalue weighted by molar-refractivity contribution is 4.97. The third kappa shape index (κ3) is 3.81. The van der Waals surface area contributed by atoms with E-state index >= 15 is 0 Å². The highest BCUT2D eigenvalue weighted by Gasteiger charge is 2.19. The van der Waals surface area contributed by atoms with Gasteiger partial charge in [-0.15, -0.1) is 0 Å². The van der Waals surface area contributed by atoms with Crippen LogP contribution in [0.5, 0.6) is 0 Å². The van der Waals surface area contributed by atoms with Gasteiger partial charge in [-0.2, -0.15) is 10.1 Å². The largest absolute Gasteiger partial charge is 0.384 e. The first-order valence-corrected chi connectivity index (χ1v) is 7.36. The van der Waals surface area contributed by atoms with Gasteiger partial charge >= 0.3 is 0 Å². The van der Waals surface area contributed by atoms with E-state index in [4.69, 9.17) is 9.05 Å². The zero-order chi connectivity index (χ0) is 14.7. The van der Waals surface area contributed by atoms with E-state index in [1.807, 2.05) is 0 Å². The summed E-state index contributed by atoms with van der Waals surface area (Å²) in [4.78, 5) is 17.7. The number of likely N-dealkylation sites (tertiary alicyclic amines) is 1. The molecule has 1 fully saturated rings. The first kappa shape index (κ1) is 14.1. The lowest BCUT2D eigenvalue weighted by Gasteiger charge is -2.27. The molecule has 0 amide bonds. The predicted octanol–water partition coefficient (Wildman–Crippen LogP) is 1.02. The fourth-order valence-electron chi connectivity index (χ4n) is 2.67. The Kier molecular flexibility index (Phi) is 4.19. The zero-order valence-electron chi connectivity index (χ0n) is 12.2. The summed E-state index contributed by atoms with van der Waals surface area (Å²) in [5, 5.41) is 6.31. The molecule has 0 bridgehead atoms. The number of hydrogen-bond donors (Lipinski definition) is 1. The lowest BCUT2D eigenvalue weighted by Crippen LogP contribution is -2.31. The molecular formula is C14H20N4O3. The molecule has 7 nitrogen and oxygen atoms in total. The summed E-state index contributed by atoms with van der Waals surface area (Å²) in [6, 6.07) is 1.44. The van der Waals surface area contributed by atoms with Gasteiger partial charge in [0.05, 0.1) is 0 Å². The minimum absolute atomic E-state index is 0.224. The van der Waals surface area contributed by atoms with Gasteiger partial charge in [0.15, 0.2) is 5.82 Å². The van der Waals surface area contributed by atoms with Crippen molar-refractivity contribution in [1.29, 1.82) is 0 Å². The second-order valence-electron chi connectivity index (χ2n) is 5.73. The van der Waals surface area contributed by atoms with Crippen LogP contribution in [-0.2, 0) is 19.3 Å². The second kappa shape index (κ2) is 6.26. The van der Waals surface area contributed by atoms with Crippen molar-refractivity contribution < 1.29 is 9.05 Å². The molecule has 0 spiro atoms. The van der Waals surface area contributed by atoms with Crippen LogP contribution in [0.1, 0.15) is 30.3 Å². The lowest BCUT2D eigenvalue weighted by molar-refractivity contribution is 0.216. The maximum absolute atomic E-state index is 10.9. The molecule has 21 heavy (non-hydrogen) atoms. The van der Waals surface area contributed by atoms with E-state index in [2.05, 4.69) is 27.2 Å². The number of aryl methyl sites for hydroxylation is 2. The number of nitrogens with one attached hydrogen (secondary N) is 1. The topological polar surface area (TPSA) is 88.2 Å². The molecule has 7 heteroatoms. The smallest absolute Gasteiger partial charge is 0.280 e. The Morgan fingerprint density at radius 2 is 2.19 bits per heavy atom. The Balaban J connectivity index is 1.50. The van der Waals surface area contributed by atoms with Gasteiger partial charge in [-0.1, -0.05) is 5.16 Å². The van der Waals surface area contributed by atoms with Crippen molar-refractivity contribution in [2.75, 3.05) is 20.1 Å². The van der Waals surface area contributed by atoms with Gasteiger partial charge in [0, 0.05) is 25.3 Å². The van der Waals surface area contributed by atoms with Crippen molar-refractivity contribution >= 4 is 0 Å². The third-order valence-corrected chi connectivity index (χ3v) is 3.98. The maximum Gasteiger partial charge on any atom is 0.280 e. The van der Waals surface area contributed by atoms with Crippen LogP contribution in [0.2, 0.25) is 0 Å². The van der Waals surface area contributed by atoms with E-state index < -0.39 is 0 Å². The Hall–Kier alpha value is -1.89. The molecule has 2 aromatic heterocycles. The van der Waals surface area contributed by atoms with Crippen LogP contribution in [-0.4, -0.2) is 40.3 Å². The molecule has 0 atom stereocenters. The first-order valence-electron chi connectivity index (χ1n) is 7.36. The molecule has 2 aromatic rings. The van der Waals surface area contributed by atoms with Crippen LogP contribution in [0.15, 0.2) is 19.9 Å². The Labute approximate surface area is 122 Å². The van der Waals surface area contributed by atoms with E-state index in [0.29, 0.717) is 30.4 Å². The average Bonchev–Trinajstić information content (AvgIpc) is 3.08. The molecule has 0 aliphatic carbocycles. The van der Waals surface area contributed by atoms with E-state index in [-0.39, 0.29) is 5.56 Å². The molecule has 0 unspecified atom stereocenters. The summed E-state index contributed by atoms with van der Waals surface area (Å²) < 4.78 is 10.2. The Bertz CT molecular complexity index is 622. The highest BCUT2D eigenvalue weighted by atomic mass is 16.5. The number of H-pyrrole nitrogens is 1. The Morgan fingerprint density at radius 3 is 2.90 bits per heavy atom. The molecule has 0 radical (unpaired) electrons. The molecule has 3 heterocycles. The summed E-state index contributed by atoms with van der Waals surface area (Å²) in [5.41, 5.74) is -0.224. The molecule has 1 N–H and O–H groups in total. The quantitative estimate of drug-likeness (QED) is 0.885. The van der Waals surface area contributed by atoms with Crippen molar-refractivity contribution in [3.05, 3.63) is 33.9 Å². The Morgan fingerprint density at radius 1 is 1.38 bits per heavy atom. The fourth-order valence-corrected chi connectivity index (χ4v) is 2.67. The van der Waals surface area contributed by atoms with Crippen LogP contribution in [0, 0.1) is 5.92 Å². The predicted molar refractivity (Wildman–Crippen MR) is 75.0 cm³/mol. The highest BCUT2D eigenvalue weighted by Crippen LogP contribution is 2.19. The second-order valence-corrected chi connectivity index (χ2v) is 5.73. The third-order valence-electron chi connectivity index (χ3n) is 3.98. The van der Waals surface area contributed by atoms with Gasteiger partial charge in [0.1, 0.15) is 5.76 Å². The molecular weight excluding hydrogens is 272 g/mol. The van der Waals surface area contributed by atoms with E-state index in [0.717, 1.165) is 25.3 Å². The number of piperidine rings is 1. The van der Waals surface area contributed by atoms with E-state index in [1.165, 1.54) is 18.9 Å². The number of aromatic nitrogens is 3. The molecule has 0 aromatic carbocycles. The standard InChI is InChI=1S/C14H20N4O3/c1-18-6-4-10(5-7-18)8-12-15-14(21-16-12)3-2-11-9-13(19)17-20-11/h9-10H,2-8H2,1H3,(H,17,19). The number of nitrogens with zero attached hydrogens (tertiary/aromatic N) is 3. The summed E-state index contributed by atoms with van der Waals surface area (Å²) >= 11 is 0. The molecule has 1 aliphatic rings. The molecule has 0 saturated carbocycles. The fraction of sp³-hybridized carbons (Fsp3) is 0.643. The van der Waals surface area contributed by atoms with Crippen LogP contribution in [0.4, 0.5) is 0 Å². The van der Waals surface area contributed by atoms with Crippen molar-refractivity contribution in [2.24, 2.45) is 5.92 Å². The maximum atomic E-state index is 10.9. The van der Waals surface area contributed by atoms with Crippen LogP contribution >= 0.6 is 0 Å². The van der Waals surface area contributed by atoms with Crippen molar-refractivity contribution in [3.63, 3.8) is 0 Å². The van der Waals surface area contributed by atoms with Gasteiger partial charge < -0.3 is 13.9 Å². The molecule has 114 valence electrons. The zero-order valence-corrected chi connectivity index (χ0v) is 12.2. The van der Waals surface area contributed by atoms with Gasteiger partial charge in [-0.3, -0.25) is 4.79 Å². The van der Waals surface area contributed by atoms with E-state index in [1.54, 1.807) is 0 Å². The summed E-state index contributed by atoms with van der Waals surface area (Å²) in [6.07, 6.45) is 4.43. The van der Waals surface area contributed by atoms with Crippen LogP contribution in [0.3, 0.4) is 0 Å². The van der Waals surface area contributed by atoms with Gasteiger partial charge in [-0.05, 0) is 38.9 Å². The average molecular weight is 292 g/mol. The number of rotatable bonds is 5.